The number of hydrogen-bond donors (Lipinski definition) is 2. The second-order valence-electron chi connectivity index (χ2n) is 4.14. The van der Waals surface area contributed by atoms with E-state index in [1.165, 1.54) is 23.3 Å². The number of hydrogen-bond acceptors (Lipinski definition) is 5. The van der Waals surface area contributed by atoms with E-state index in [0.29, 0.717) is 9.72 Å². The molecular weight excluding hydrogens is 318 g/mol. The van der Waals surface area contributed by atoms with Crippen LogP contribution in [-0.2, 0) is 6.54 Å². The molecule has 1 saturated heterocycles. The van der Waals surface area contributed by atoms with Crippen LogP contribution in [0.2, 0.25) is 0 Å². The van der Waals surface area contributed by atoms with E-state index in [1.54, 1.807) is 6.20 Å². The Morgan fingerprint density at radius 2 is 2.50 bits per heavy atom. The molecular formula is C11H16BrN3O2S. The van der Waals surface area contributed by atoms with E-state index in [4.69, 9.17) is 5.11 Å². The van der Waals surface area contributed by atoms with Crippen LogP contribution in [0.4, 0.5) is 5.69 Å². The van der Waals surface area contributed by atoms with Gasteiger partial charge in [-0.05, 0) is 34.5 Å². The zero-order chi connectivity index (χ0) is 13.0. The van der Waals surface area contributed by atoms with Crippen LogP contribution in [0.25, 0.3) is 0 Å². The van der Waals surface area contributed by atoms with Crippen LogP contribution in [0, 0.1) is 0 Å². The first kappa shape index (κ1) is 13.9. The third-order valence-electron chi connectivity index (χ3n) is 2.84. The molecule has 0 radical (unpaired) electrons. The first-order chi connectivity index (χ1) is 8.72. The van der Waals surface area contributed by atoms with E-state index in [2.05, 4.69) is 26.3 Å². The van der Waals surface area contributed by atoms with Gasteiger partial charge >= 0.3 is 0 Å². The zero-order valence-corrected chi connectivity index (χ0v) is 12.3. The fraction of sp³-hybridized carbons (Fsp3) is 0.636. The van der Waals surface area contributed by atoms with Gasteiger partial charge in [-0.15, -0.1) is 0 Å². The van der Waals surface area contributed by atoms with E-state index in [1.807, 2.05) is 11.8 Å². The number of thioether (sulfide) groups is 1. The van der Waals surface area contributed by atoms with Gasteiger partial charge in [0.05, 0.1) is 25.0 Å². The fourth-order valence-corrected chi connectivity index (χ4v) is 3.52. The Morgan fingerprint density at radius 1 is 1.67 bits per heavy atom. The molecule has 1 aliphatic rings. The summed E-state index contributed by atoms with van der Waals surface area (Å²) < 4.78 is 1.73. The molecule has 1 unspecified atom stereocenters. The van der Waals surface area contributed by atoms with Gasteiger partial charge in [-0.25, -0.2) is 4.68 Å². The predicted octanol–water partition coefficient (Wildman–Crippen LogP) is 1.31. The summed E-state index contributed by atoms with van der Waals surface area (Å²) >= 11 is 5.25. The molecule has 0 aliphatic carbocycles. The van der Waals surface area contributed by atoms with Crippen LogP contribution < -0.4 is 10.9 Å². The Kier molecular flexibility index (Phi) is 5.08. The van der Waals surface area contributed by atoms with Gasteiger partial charge in [0.15, 0.2) is 0 Å². The lowest BCUT2D eigenvalue weighted by Crippen LogP contribution is -2.26. The lowest BCUT2D eigenvalue weighted by atomic mass is 10.2. The van der Waals surface area contributed by atoms with Crippen molar-refractivity contribution in [2.45, 2.75) is 24.6 Å². The Labute approximate surface area is 118 Å². The van der Waals surface area contributed by atoms with Gasteiger partial charge in [0.25, 0.3) is 5.56 Å². The van der Waals surface area contributed by atoms with E-state index >= 15 is 0 Å². The maximum Gasteiger partial charge on any atom is 0.283 e. The van der Waals surface area contributed by atoms with Crippen molar-refractivity contribution in [3.8, 4) is 0 Å². The summed E-state index contributed by atoms with van der Waals surface area (Å²) in [5.41, 5.74) is 0.509. The molecule has 2 heterocycles. The maximum atomic E-state index is 11.9. The number of aliphatic hydroxyl groups is 1. The Balaban J connectivity index is 2.04. The highest BCUT2D eigenvalue weighted by atomic mass is 79.9. The molecule has 0 saturated carbocycles. The Morgan fingerprint density at radius 3 is 3.17 bits per heavy atom. The van der Waals surface area contributed by atoms with E-state index in [-0.39, 0.29) is 18.7 Å². The molecule has 2 N–H and O–H groups in total. The third kappa shape index (κ3) is 3.27. The number of aliphatic hydroxyl groups excluding tert-OH is 1. The number of rotatable bonds is 5. The van der Waals surface area contributed by atoms with Crippen molar-refractivity contribution < 1.29 is 5.11 Å². The minimum absolute atomic E-state index is 0.0924. The number of nitrogens with one attached hydrogen (secondary N) is 1. The van der Waals surface area contributed by atoms with Crippen LogP contribution in [0.5, 0.6) is 0 Å². The molecule has 2 rings (SSSR count). The zero-order valence-electron chi connectivity index (χ0n) is 9.93. The Bertz CT molecular complexity index is 460. The minimum atomic E-state index is -0.215. The molecule has 0 aromatic carbocycles. The van der Waals surface area contributed by atoms with Gasteiger partial charge in [-0.3, -0.25) is 4.79 Å². The summed E-state index contributed by atoms with van der Waals surface area (Å²) in [5.74, 6) is 1.23. The summed E-state index contributed by atoms with van der Waals surface area (Å²) in [4.78, 5) is 11.9. The van der Waals surface area contributed by atoms with Crippen LogP contribution in [-0.4, -0.2) is 39.0 Å². The van der Waals surface area contributed by atoms with Crippen LogP contribution in [0.3, 0.4) is 0 Å². The molecule has 0 bridgehead atoms. The molecule has 5 nitrogen and oxygen atoms in total. The number of aromatic nitrogens is 2. The van der Waals surface area contributed by atoms with Crippen LogP contribution in [0.1, 0.15) is 12.8 Å². The standard InChI is InChI=1S/C11H16BrN3O2S/c12-10-9(13-6-8-2-1-5-18-8)7-14-15(3-4-16)11(10)17/h7-8,13,16H,1-6H2. The van der Waals surface area contributed by atoms with Gasteiger partial charge in [-0.2, -0.15) is 16.9 Å². The van der Waals surface area contributed by atoms with Gasteiger partial charge < -0.3 is 10.4 Å². The summed E-state index contributed by atoms with van der Waals surface area (Å²) in [6.45, 7) is 0.982. The minimum Gasteiger partial charge on any atom is -0.394 e. The monoisotopic (exact) mass is 333 g/mol. The lowest BCUT2D eigenvalue weighted by Gasteiger charge is -2.13. The molecule has 1 aromatic heterocycles. The third-order valence-corrected chi connectivity index (χ3v) is 5.01. The van der Waals surface area contributed by atoms with Crippen molar-refractivity contribution in [3.05, 3.63) is 21.0 Å². The fourth-order valence-electron chi connectivity index (χ4n) is 1.87. The molecule has 1 fully saturated rings. The number of halogens is 1. The molecule has 0 amide bonds. The predicted molar refractivity (Wildman–Crippen MR) is 77.3 cm³/mol. The highest BCUT2D eigenvalue weighted by Crippen LogP contribution is 2.26. The van der Waals surface area contributed by atoms with E-state index in [9.17, 15) is 4.79 Å². The second kappa shape index (κ2) is 6.58. The first-order valence-electron chi connectivity index (χ1n) is 5.94. The van der Waals surface area contributed by atoms with E-state index < -0.39 is 0 Å². The largest absolute Gasteiger partial charge is 0.394 e. The highest BCUT2D eigenvalue weighted by Gasteiger charge is 2.16. The van der Waals surface area contributed by atoms with E-state index in [0.717, 1.165) is 12.2 Å². The van der Waals surface area contributed by atoms with Gasteiger partial charge in [0.1, 0.15) is 4.47 Å². The quantitative estimate of drug-likeness (QED) is 0.850. The lowest BCUT2D eigenvalue weighted by molar-refractivity contribution is 0.266. The van der Waals surface area contributed by atoms with Gasteiger partial charge in [-0.1, -0.05) is 0 Å². The molecule has 100 valence electrons. The number of anilines is 1. The van der Waals surface area contributed by atoms with Crippen LogP contribution in [0.15, 0.2) is 15.5 Å². The van der Waals surface area contributed by atoms with Crippen molar-refractivity contribution in [1.29, 1.82) is 0 Å². The van der Waals surface area contributed by atoms with Crippen LogP contribution >= 0.6 is 27.7 Å². The molecule has 1 aliphatic heterocycles. The topological polar surface area (TPSA) is 67.2 Å². The molecule has 7 heteroatoms. The summed E-state index contributed by atoms with van der Waals surface area (Å²) in [6.07, 6.45) is 4.12. The maximum absolute atomic E-state index is 11.9. The Hall–Kier alpha value is -0.530. The SMILES string of the molecule is O=c1c(Br)c(NCC2CCCS2)cnn1CCO. The number of nitrogens with zero attached hydrogens (tertiary/aromatic N) is 2. The van der Waals surface area contributed by atoms with Crippen molar-refractivity contribution in [1.82, 2.24) is 9.78 Å². The summed E-state index contributed by atoms with van der Waals surface area (Å²) in [6, 6.07) is 0. The summed E-state index contributed by atoms with van der Waals surface area (Å²) in [7, 11) is 0. The van der Waals surface area contributed by atoms with Gasteiger partial charge in [0.2, 0.25) is 0 Å². The van der Waals surface area contributed by atoms with Crippen molar-refractivity contribution in [2.75, 3.05) is 24.2 Å². The molecule has 18 heavy (non-hydrogen) atoms. The molecule has 1 aromatic rings. The van der Waals surface area contributed by atoms with Crippen molar-refractivity contribution >= 4 is 33.4 Å². The van der Waals surface area contributed by atoms with Crippen molar-refractivity contribution in [2.24, 2.45) is 0 Å². The van der Waals surface area contributed by atoms with Crippen molar-refractivity contribution in [3.63, 3.8) is 0 Å². The smallest absolute Gasteiger partial charge is 0.283 e. The molecule has 1 atom stereocenters. The average Bonchev–Trinajstić information content (AvgIpc) is 2.87. The highest BCUT2D eigenvalue weighted by molar-refractivity contribution is 9.10. The molecule has 0 spiro atoms. The van der Waals surface area contributed by atoms with Gasteiger partial charge in [0, 0.05) is 11.8 Å². The second-order valence-corrected chi connectivity index (χ2v) is 6.34. The summed E-state index contributed by atoms with van der Waals surface area (Å²) in [5, 5.41) is 16.7. The average molecular weight is 334 g/mol. The first-order valence-corrected chi connectivity index (χ1v) is 7.78. The normalized spacial score (nSPS) is 19.1.